The van der Waals surface area contributed by atoms with Gasteiger partial charge in [-0.1, -0.05) is 198 Å². The number of ether oxygens (including phenoxy) is 2. The summed E-state index contributed by atoms with van der Waals surface area (Å²) in [7, 11) is -4.28. The number of unbranched alkanes of at least 4 members (excludes halogenated alkanes) is 25. The molecule has 9 heteroatoms. The monoisotopic (exact) mass is 811 g/mol. The third kappa shape index (κ3) is 41.9. The van der Waals surface area contributed by atoms with E-state index in [9.17, 15) is 19.0 Å². The SMILES string of the molecule is CC/C=C\C/C=C\C/C=C\CCCCCCCCCC(=O)OC(COC(=O)CCCCCCCCCCCCCCCCCCCCC)COP(=O)(O)OCC. The summed E-state index contributed by atoms with van der Waals surface area (Å²) in [6, 6.07) is 0. The lowest BCUT2D eigenvalue weighted by Crippen LogP contribution is -2.29. The van der Waals surface area contributed by atoms with Crippen molar-refractivity contribution >= 4 is 19.8 Å². The molecule has 0 fully saturated rings. The summed E-state index contributed by atoms with van der Waals surface area (Å²) in [6.07, 6.45) is 49.1. The number of carbonyl (C=O) groups is 2. The minimum Gasteiger partial charge on any atom is -0.462 e. The second-order valence-electron chi connectivity index (χ2n) is 15.4. The van der Waals surface area contributed by atoms with Gasteiger partial charge in [0.25, 0.3) is 0 Å². The third-order valence-corrected chi connectivity index (χ3v) is 11.0. The first kappa shape index (κ1) is 54.3. The first-order chi connectivity index (χ1) is 27.3. The Morgan fingerprint density at radius 2 is 0.911 bits per heavy atom. The van der Waals surface area contributed by atoms with Crippen molar-refractivity contribution in [3.8, 4) is 0 Å². The van der Waals surface area contributed by atoms with Gasteiger partial charge < -0.3 is 14.4 Å². The summed E-state index contributed by atoms with van der Waals surface area (Å²) in [4.78, 5) is 34.8. The van der Waals surface area contributed by atoms with Gasteiger partial charge in [-0.3, -0.25) is 18.6 Å². The molecule has 1 N–H and O–H groups in total. The molecular formula is C47H87O8P. The van der Waals surface area contributed by atoms with Gasteiger partial charge in [0.1, 0.15) is 6.61 Å². The van der Waals surface area contributed by atoms with Crippen LogP contribution in [0.1, 0.15) is 226 Å². The van der Waals surface area contributed by atoms with E-state index in [2.05, 4.69) is 50.3 Å². The average Bonchev–Trinajstić information content (AvgIpc) is 3.18. The van der Waals surface area contributed by atoms with E-state index >= 15 is 0 Å². The van der Waals surface area contributed by atoms with Crippen molar-refractivity contribution < 1.29 is 37.6 Å². The Morgan fingerprint density at radius 1 is 0.500 bits per heavy atom. The Bertz CT molecular complexity index is 1010. The van der Waals surface area contributed by atoms with E-state index < -0.39 is 26.5 Å². The largest absolute Gasteiger partial charge is 0.472 e. The summed E-state index contributed by atoms with van der Waals surface area (Å²) in [6.45, 7) is 5.39. The zero-order chi connectivity index (χ0) is 41.1. The number of allylic oxidation sites excluding steroid dienone is 6. The lowest BCUT2D eigenvalue weighted by atomic mass is 10.0. The van der Waals surface area contributed by atoms with Crippen LogP contribution < -0.4 is 0 Å². The topological polar surface area (TPSA) is 108 Å². The molecule has 0 radical (unpaired) electrons. The number of phosphoric acid groups is 1. The number of rotatable bonds is 43. The minimum absolute atomic E-state index is 0.000844. The fourth-order valence-electron chi connectivity index (χ4n) is 6.59. The molecule has 2 atom stereocenters. The number of hydrogen-bond donors (Lipinski definition) is 1. The highest BCUT2D eigenvalue weighted by molar-refractivity contribution is 7.47. The van der Waals surface area contributed by atoms with Crippen molar-refractivity contribution in [3.05, 3.63) is 36.5 Å². The van der Waals surface area contributed by atoms with E-state index in [4.69, 9.17) is 18.5 Å². The molecule has 0 aromatic heterocycles. The lowest BCUT2D eigenvalue weighted by Gasteiger charge is -2.19. The van der Waals surface area contributed by atoms with Crippen molar-refractivity contribution in [2.45, 2.75) is 232 Å². The Morgan fingerprint density at radius 3 is 1.38 bits per heavy atom. The summed E-state index contributed by atoms with van der Waals surface area (Å²) in [5, 5.41) is 0. The lowest BCUT2D eigenvalue weighted by molar-refractivity contribution is -0.161. The fourth-order valence-corrected chi connectivity index (χ4v) is 7.34. The molecule has 2 unspecified atom stereocenters. The molecule has 0 aromatic rings. The van der Waals surface area contributed by atoms with Crippen molar-refractivity contribution in [3.63, 3.8) is 0 Å². The zero-order valence-electron chi connectivity index (χ0n) is 36.5. The minimum atomic E-state index is -4.28. The number of carbonyl (C=O) groups excluding carboxylic acids is 2. The van der Waals surface area contributed by atoms with Crippen LogP contribution in [0, 0.1) is 0 Å². The highest BCUT2D eigenvalue weighted by Gasteiger charge is 2.25. The van der Waals surface area contributed by atoms with Crippen LogP contribution in [0.5, 0.6) is 0 Å². The molecule has 0 aliphatic heterocycles. The van der Waals surface area contributed by atoms with Crippen molar-refractivity contribution in [2.24, 2.45) is 0 Å². The number of phosphoric ester groups is 1. The Kier molecular flexibility index (Phi) is 41.5. The van der Waals surface area contributed by atoms with Crippen molar-refractivity contribution in [2.75, 3.05) is 19.8 Å². The smallest absolute Gasteiger partial charge is 0.462 e. The van der Waals surface area contributed by atoms with Crippen molar-refractivity contribution in [1.82, 2.24) is 0 Å². The molecule has 0 spiro atoms. The third-order valence-electron chi connectivity index (χ3n) is 9.96. The van der Waals surface area contributed by atoms with Crippen LogP contribution in [0.4, 0.5) is 0 Å². The summed E-state index contributed by atoms with van der Waals surface area (Å²) in [5.74, 6) is -0.800. The highest BCUT2D eigenvalue weighted by Crippen LogP contribution is 2.43. The van der Waals surface area contributed by atoms with Gasteiger partial charge in [0, 0.05) is 12.8 Å². The van der Waals surface area contributed by atoms with Crippen LogP contribution in [0.3, 0.4) is 0 Å². The summed E-state index contributed by atoms with van der Waals surface area (Å²) < 4.78 is 32.7. The van der Waals surface area contributed by atoms with E-state index in [1.807, 2.05) is 0 Å². The maximum absolute atomic E-state index is 12.6. The van der Waals surface area contributed by atoms with E-state index in [0.717, 1.165) is 64.2 Å². The number of hydrogen-bond acceptors (Lipinski definition) is 7. The normalized spacial score (nSPS) is 13.6. The second kappa shape index (κ2) is 42.9. The van der Waals surface area contributed by atoms with Gasteiger partial charge in [0.15, 0.2) is 6.10 Å². The first-order valence-corrected chi connectivity index (χ1v) is 24.8. The molecule has 0 heterocycles. The molecule has 0 rings (SSSR count). The van der Waals surface area contributed by atoms with Gasteiger partial charge in [-0.15, -0.1) is 0 Å². The molecule has 8 nitrogen and oxygen atoms in total. The molecule has 0 saturated carbocycles. The molecular weight excluding hydrogens is 723 g/mol. The van der Waals surface area contributed by atoms with Gasteiger partial charge in [-0.25, -0.2) is 4.57 Å². The quantitative estimate of drug-likeness (QED) is 0.0281. The van der Waals surface area contributed by atoms with Gasteiger partial charge in [-0.05, 0) is 51.9 Å². The van der Waals surface area contributed by atoms with Gasteiger partial charge in [0.05, 0.1) is 13.2 Å². The fraction of sp³-hybridized carbons (Fsp3) is 0.830. The van der Waals surface area contributed by atoms with E-state index in [1.165, 1.54) is 122 Å². The maximum atomic E-state index is 12.6. The summed E-state index contributed by atoms with van der Waals surface area (Å²) in [5.41, 5.74) is 0. The van der Waals surface area contributed by atoms with Crippen LogP contribution >= 0.6 is 7.82 Å². The second-order valence-corrected chi connectivity index (χ2v) is 16.9. The van der Waals surface area contributed by atoms with Crippen LogP contribution in [-0.4, -0.2) is 42.8 Å². The van der Waals surface area contributed by atoms with E-state index in [-0.39, 0.29) is 25.6 Å². The molecule has 0 aliphatic rings. The van der Waals surface area contributed by atoms with Gasteiger partial charge >= 0.3 is 19.8 Å². The Balaban J connectivity index is 4.02. The Labute approximate surface area is 345 Å². The van der Waals surface area contributed by atoms with Gasteiger partial charge in [0.2, 0.25) is 0 Å². The van der Waals surface area contributed by atoms with Crippen LogP contribution in [0.2, 0.25) is 0 Å². The van der Waals surface area contributed by atoms with Crippen LogP contribution in [0.25, 0.3) is 0 Å². The first-order valence-electron chi connectivity index (χ1n) is 23.3. The average molecular weight is 811 g/mol. The number of esters is 2. The van der Waals surface area contributed by atoms with Gasteiger partial charge in [-0.2, -0.15) is 0 Å². The standard InChI is InChI=1S/C47H87O8P/c1-4-7-9-11-13-15-17-19-21-23-24-26-27-29-31-33-35-37-39-41-46(48)52-43-45(44-54-56(50,51)53-6-3)55-47(49)42-40-38-36-34-32-30-28-25-22-20-18-16-14-12-10-8-5-2/h8,10,14,16,20,22,45H,4-7,9,11-13,15,17-19,21,23-44H2,1-3H3,(H,50,51)/b10-8-,16-14-,22-20-. The van der Waals surface area contributed by atoms with E-state index in [1.54, 1.807) is 6.92 Å². The highest BCUT2D eigenvalue weighted by atomic mass is 31.2. The van der Waals surface area contributed by atoms with Crippen LogP contribution in [-0.2, 0) is 32.7 Å². The summed E-state index contributed by atoms with van der Waals surface area (Å²) >= 11 is 0. The van der Waals surface area contributed by atoms with E-state index in [0.29, 0.717) is 12.8 Å². The molecule has 0 bridgehead atoms. The predicted molar refractivity (Wildman–Crippen MR) is 235 cm³/mol. The predicted octanol–water partition coefficient (Wildman–Crippen LogP) is 14.8. The molecule has 0 saturated heterocycles. The maximum Gasteiger partial charge on any atom is 0.472 e. The zero-order valence-corrected chi connectivity index (χ0v) is 37.4. The molecule has 0 amide bonds. The van der Waals surface area contributed by atoms with Crippen molar-refractivity contribution in [1.29, 1.82) is 0 Å². The molecule has 0 aliphatic carbocycles. The molecule has 0 aromatic carbocycles. The molecule has 328 valence electrons. The molecule has 56 heavy (non-hydrogen) atoms. The Hall–Kier alpha value is -1.73. The van der Waals surface area contributed by atoms with Crippen LogP contribution in [0.15, 0.2) is 36.5 Å².